The molecular weight excluding hydrogens is 258 g/mol. The van der Waals surface area contributed by atoms with E-state index >= 15 is 0 Å². The average molecular weight is 273 g/mol. The molecule has 3 saturated heterocycles. The average Bonchev–Trinajstić information content (AvgIpc) is 2.98. The molecule has 0 spiro atoms. The van der Waals surface area contributed by atoms with E-state index < -0.39 is 0 Å². The molecule has 1 unspecified atom stereocenters. The lowest BCUT2D eigenvalue weighted by Crippen LogP contribution is -2.57. The van der Waals surface area contributed by atoms with Crippen LogP contribution in [0.1, 0.15) is 11.9 Å². The van der Waals surface area contributed by atoms with Crippen LogP contribution in [0.5, 0.6) is 5.75 Å². The summed E-state index contributed by atoms with van der Waals surface area (Å²) in [6.07, 6.45) is 2.97. The molecule has 2 aromatic rings. The zero-order valence-electron chi connectivity index (χ0n) is 10.9. The number of aromatic nitrogens is 3. The quantitative estimate of drug-likeness (QED) is 0.854. The van der Waals surface area contributed by atoms with Gasteiger partial charge in [-0.2, -0.15) is 4.98 Å². The standard InChI is InChI=1S/C13H15N5O2/c19-11-7-14-2-1-9(11)13-15-12(16-20-13)10-8-17-3-5-18(10)6-4-17/h1-2,7,10,19H,3-6,8H2. The third kappa shape index (κ3) is 1.86. The molecule has 7 nitrogen and oxygen atoms in total. The first kappa shape index (κ1) is 11.8. The number of piperazine rings is 3. The van der Waals surface area contributed by atoms with E-state index in [1.54, 1.807) is 12.3 Å². The van der Waals surface area contributed by atoms with Crippen molar-refractivity contribution in [3.05, 3.63) is 24.3 Å². The maximum Gasteiger partial charge on any atom is 0.261 e. The van der Waals surface area contributed by atoms with Crippen molar-refractivity contribution in [3.8, 4) is 17.2 Å². The molecule has 5 rings (SSSR count). The van der Waals surface area contributed by atoms with Gasteiger partial charge in [0.1, 0.15) is 5.75 Å². The molecule has 0 aliphatic carbocycles. The Kier molecular flexibility index (Phi) is 2.68. The minimum absolute atomic E-state index is 0.0527. The number of aromatic hydroxyl groups is 1. The SMILES string of the molecule is Oc1cnccc1-c1nc(C2CN3CCN2CC3)no1. The van der Waals surface area contributed by atoms with Crippen LogP contribution in [0.4, 0.5) is 0 Å². The van der Waals surface area contributed by atoms with Crippen LogP contribution in [-0.2, 0) is 0 Å². The second-order valence-electron chi connectivity index (χ2n) is 5.20. The fraction of sp³-hybridized carbons (Fsp3) is 0.462. The van der Waals surface area contributed by atoms with Crippen molar-refractivity contribution < 1.29 is 9.63 Å². The van der Waals surface area contributed by atoms with Gasteiger partial charge in [0.25, 0.3) is 5.89 Å². The Balaban J connectivity index is 1.64. The molecule has 0 radical (unpaired) electrons. The summed E-state index contributed by atoms with van der Waals surface area (Å²) < 4.78 is 5.30. The second kappa shape index (κ2) is 4.53. The number of hydrogen-bond donors (Lipinski definition) is 1. The predicted octanol–water partition coefficient (Wildman–Crippen LogP) is 0.509. The van der Waals surface area contributed by atoms with Gasteiger partial charge < -0.3 is 9.63 Å². The topological polar surface area (TPSA) is 78.5 Å². The number of hydrogen-bond acceptors (Lipinski definition) is 7. The highest BCUT2D eigenvalue weighted by molar-refractivity contribution is 5.60. The molecule has 1 N–H and O–H groups in total. The van der Waals surface area contributed by atoms with E-state index in [0.717, 1.165) is 32.7 Å². The lowest BCUT2D eigenvalue weighted by Gasteiger charge is -2.46. The summed E-state index contributed by atoms with van der Waals surface area (Å²) in [6, 6.07) is 1.86. The molecule has 0 amide bonds. The van der Waals surface area contributed by atoms with Crippen molar-refractivity contribution in [1.82, 2.24) is 24.9 Å². The summed E-state index contributed by atoms with van der Waals surface area (Å²) in [7, 11) is 0. The molecule has 0 aromatic carbocycles. The van der Waals surface area contributed by atoms with Crippen molar-refractivity contribution in [1.29, 1.82) is 0 Å². The van der Waals surface area contributed by atoms with Gasteiger partial charge in [-0.25, -0.2) is 0 Å². The molecule has 3 fully saturated rings. The summed E-state index contributed by atoms with van der Waals surface area (Å²) in [5.41, 5.74) is 0.523. The first-order chi connectivity index (χ1) is 9.81. The molecule has 0 saturated carbocycles. The number of rotatable bonds is 2. The van der Waals surface area contributed by atoms with Crippen LogP contribution in [0.3, 0.4) is 0 Å². The van der Waals surface area contributed by atoms with Crippen molar-refractivity contribution in [2.45, 2.75) is 6.04 Å². The molecule has 20 heavy (non-hydrogen) atoms. The van der Waals surface area contributed by atoms with Crippen LogP contribution < -0.4 is 0 Å². The van der Waals surface area contributed by atoms with E-state index in [1.165, 1.54) is 6.20 Å². The molecular formula is C13H15N5O2. The highest BCUT2D eigenvalue weighted by Crippen LogP contribution is 2.30. The van der Waals surface area contributed by atoms with E-state index in [9.17, 15) is 5.11 Å². The molecule has 1 atom stereocenters. The summed E-state index contributed by atoms with van der Waals surface area (Å²) in [5, 5.41) is 13.9. The lowest BCUT2D eigenvalue weighted by atomic mass is 10.1. The minimum Gasteiger partial charge on any atom is -0.505 e. The summed E-state index contributed by atoms with van der Waals surface area (Å²) in [5.74, 6) is 1.09. The van der Waals surface area contributed by atoms with Gasteiger partial charge in [0.2, 0.25) is 0 Å². The lowest BCUT2D eigenvalue weighted by molar-refractivity contribution is 0.00781. The molecule has 3 aliphatic heterocycles. The van der Waals surface area contributed by atoms with E-state index in [4.69, 9.17) is 4.52 Å². The van der Waals surface area contributed by atoms with Crippen molar-refractivity contribution >= 4 is 0 Å². The first-order valence-corrected chi connectivity index (χ1v) is 6.74. The molecule has 104 valence electrons. The van der Waals surface area contributed by atoms with E-state index in [1.807, 2.05) is 0 Å². The number of pyridine rings is 1. The van der Waals surface area contributed by atoms with Gasteiger partial charge in [-0.3, -0.25) is 14.8 Å². The van der Waals surface area contributed by atoms with Crippen LogP contribution in [-0.4, -0.2) is 62.8 Å². The van der Waals surface area contributed by atoms with Gasteiger partial charge in [0, 0.05) is 38.9 Å². The summed E-state index contributed by atoms with van der Waals surface area (Å²) >= 11 is 0. The van der Waals surface area contributed by atoms with Gasteiger partial charge in [-0.15, -0.1) is 0 Å². The minimum atomic E-state index is 0.0527. The normalized spacial score (nSPS) is 28.7. The summed E-state index contributed by atoms with van der Waals surface area (Å²) in [6.45, 7) is 5.28. The largest absolute Gasteiger partial charge is 0.505 e. The smallest absolute Gasteiger partial charge is 0.261 e. The number of fused-ring (bicyclic) bond motifs is 3. The maximum absolute atomic E-state index is 9.78. The molecule has 5 heterocycles. The zero-order chi connectivity index (χ0) is 13.5. The second-order valence-corrected chi connectivity index (χ2v) is 5.20. The van der Waals surface area contributed by atoms with Gasteiger partial charge in [0.15, 0.2) is 5.82 Å². The Hall–Kier alpha value is -1.99. The van der Waals surface area contributed by atoms with Crippen LogP contribution >= 0.6 is 0 Å². The third-order valence-electron chi connectivity index (χ3n) is 4.05. The maximum atomic E-state index is 9.78. The van der Waals surface area contributed by atoms with E-state index in [-0.39, 0.29) is 11.8 Å². The van der Waals surface area contributed by atoms with Crippen LogP contribution in [0.15, 0.2) is 23.0 Å². The highest BCUT2D eigenvalue weighted by Gasteiger charge is 2.35. The molecule has 2 aromatic heterocycles. The van der Waals surface area contributed by atoms with Crippen molar-refractivity contribution in [2.75, 3.05) is 32.7 Å². The van der Waals surface area contributed by atoms with Crippen molar-refractivity contribution in [3.63, 3.8) is 0 Å². The molecule has 2 bridgehead atoms. The van der Waals surface area contributed by atoms with Crippen LogP contribution in [0.2, 0.25) is 0 Å². The fourth-order valence-corrected chi connectivity index (χ4v) is 2.91. The third-order valence-corrected chi connectivity index (χ3v) is 4.05. The fourth-order valence-electron chi connectivity index (χ4n) is 2.91. The predicted molar refractivity (Wildman–Crippen MR) is 69.9 cm³/mol. The monoisotopic (exact) mass is 273 g/mol. The Morgan fingerprint density at radius 1 is 1.25 bits per heavy atom. The van der Waals surface area contributed by atoms with Crippen LogP contribution in [0.25, 0.3) is 11.5 Å². The van der Waals surface area contributed by atoms with E-state index in [2.05, 4.69) is 24.9 Å². The van der Waals surface area contributed by atoms with Gasteiger partial charge in [-0.1, -0.05) is 5.16 Å². The summed E-state index contributed by atoms with van der Waals surface area (Å²) in [4.78, 5) is 13.1. The zero-order valence-corrected chi connectivity index (χ0v) is 10.9. The Labute approximate surface area is 115 Å². The highest BCUT2D eigenvalue weighted by atomic mass is 16.5. The molecule has 7 heteroatoms. The Morgan fingerprint density at radius 3 is 2.80 bits per heavy atom. The van der Waals surface area contributed by atoms with E-state index in [0.29, 0.717) is 17.3 Å². The Morgan fingerprint density at radius 2 is 2.10 bits per heavy atom. The first-order valence-electron chi connectivity index (χ1n) is 6.74. The van der Waals surface area contributed by atoms with Gasteiger partial charge >= 0.3 is 0 Å². The van der Waals surface area contributed by atoms with Gasteiger partial charge in [-0.05, 0) is 6.07 Å². The Bertz CT molecular complexity index is 621. The number of nitrogens with zero attached hydrogens (tertiary/aromatic N) is 5. The molecule has 3 aliphatic rings. The van der Waals surface area contributed by atoms with Crippen molar-refractivity contribution in [2.24, 2.45) is 0 Å². The van der Waals surface area contributed by atoms with Gasteiger partial charge in [0.05, 0.1) is 17.8 Å². The van der Waals surface area contributed by atoms with Crippen LogP contribution in [0, 0.1) is 0 Å².